The molecule has 5 nitrogen and oxygen atoms in total. The summed E-state index contributed by atoms with van der Waals surface area (Å²) < 4.78 is 5.50. The highest BCUT2D eigenvalue weighted by molar-refractivity contribution is 5.90. The van der Waals surface area contributed by atoms with Crippen molar-refractivity contribution in [3.8, 4) is 23.0 Å². The van der Waals surface area contributed by atoms with E-state index in [0.29, 0.717) is 24.1 Å². The van der Waals surface area contributed by atoms with Crippen molar-refractivity contribution in [3.05, 3.63) is 94.5 Å². The first-order valence-electron chi connectivity index (χ1n) is 10.5. The molecule has 2 N–H and O–H groups in total. The van der Waals surface area contributed by atoms with E-state index in [2.05, 4.69) is 41.4 Å². The van der Waals surface area contributed by atoms with Crippen molar-refractivity contribution >= 4 is 12.1 Å². The summed E-state index contributed by atoms with van der Waals surface area (Å²) >= 11 is 0. The van der Waals surface area contributed by atoms with Gasteiger partial charge in [-0.2, -0.15) is 0 Å². The molecule has 0 heterocycles. The lowest BCUT2D eigenvalue weighted by Crippen LogP contribution is -2.26. The number of aromatic carboxylic acids is 1. The molecule has 3 aromatic rings. The predicted molar refractivity (Wildman–Crippen MR) is 123 cm³/mol. The summed E-state index contributed by atoms with van der Waals surface area (Å²) in [5.74, 6) is 5.01. The van der Waals surface area contributed by atoms with Crippen molar-refractivity contribution in [3.63, 3.8) is 0 Å². The van der Waals surface area contributed by atoms with Crippen LogP contribution < -0.4 is 5.32 Å². The van der Waals surface area contributed by atoms with Gasteiger partial charge in [-0.1, -0.05) is 66.4 Å². The summed E-state index contributed by atoms with van der Waals surface area (Å²) in [7, 11) is 0. The number of carbonyl (C=O) groups is 2. The monoisotopic (exact) mass is 425 g/mol. The molecule has 0 aliphatic heterocycles. The highest BCUT2D eigenvalue weighted by atomic mass is 16.5. The van der Waals surface area contributed by atoms with Crippen LogP contribution in [0.25, 0.3) is 11.1 Å². The van der Waals surface area contributed by atoms with E-state index in [9.17, 15) is 14.7 Å². The Bertz CT molecular complexity index is 1190. The minimum absolute atomic E-state index is 0.0254. The largest absolute Gasteiger partial charge is 0.478 e. The molecule has 0 saturated heterocycles. The zero-order valence-corrected chi connectivity index (χ0v) is 17.7. The van der Waals surface area contributed by atoms with E-state index in [-0.39, 0.29) is 18.1 Å². The van der Waals surface area contributed by atoms with Gasteiger partial charge >= 0.3 is 12.1 Å². The van der Waals surface area contributed by atoms with Gasteiger partial charge in [0.05, 0.1) is 5.56 Å². The predicted octanol–water partition coefficient (Wildman–Crippen LogP) is 4.97. The highest BCUT2D eigenvalue weighted by Gasteiger charge is 2.28. The molecule has 1 amide bonds. The Hall–Kier alpha value is -4.04. The maximum absolute atomic E-state index is 12.2. The van der Waals surface area contributed by atoms with Crippen molar-refractivity contribution in [2.24, 2.45) is 0 Å². The Kier molecular flexibility index (Phi) is 6.23. The number of fused-ring (bicyclic) bond motifs is 3. The molecule has 1 aliphatic rings. The Balaban J connectivity index is 1.30. The SMILES string of the molecule is Cc1c(C#CCCNC(=O)OCC2c3ccccc3-c3ccccc32)cccc1C(=O)O. The maximum atomic E-state index is 12.2. The summed E-state index contributed by atoms with van der Waals surface area (Å²) in [6.45, 7) is 2.36. The van der Waals surface area contributed by atoms with Gasteiger partial charge in [-0.05, 0) is 46.9 Å². The van der Waals surface area contributed by atoms with Crippen LogP contribution in [0.3, 0.4) is 0 Å². The molecular weight excluding hydrogens is 402 g/mol. The second-order valence-corrected chi connectivity index (χ2v) is 7.59. The number of carboxylic acids is 1. The van der Waals surface area contributed by atoms with Crippen LogP contribution in [0.2, 0.25) is 0 Å². The number of rotatable bonds is 5. The molecule has 3 aromatic carbocycles. The number of hydrogen-bond acceptors (Lipinski definition) is 3. The average molecular weight is 425 g/mol. The number of carboxylic acid groups (broad SMARTS) is 1. The zero-order valence-electron chi connectivity index (χ0n) is 17.7. The second-order valence-electron chi connectivity index (χ2n) is 7.59. The van der Waals surface area contributed by atoms with Gasteiger partial charge in [0.2, 0.25) is 0 Å². The van der Waals surface area contributed by atoms with Crippen LogP contribution in [0.1, 0.15) is 45.0 Å². The number of hydrogen-bond donors (Lipinski definition) is 2. The summed E-state index contributed by atoms with van der Waals surface area (Å²) in [5, 5.41) is 11.9. The van der Waals surface area contributed by atoms with Gasteiger partial charge in [0.1, 0.15) is 6.61 Å². The summed E-state index contributed by atoms with van der Waals surface area (Å²) in [6, 6.07) is 21.4. The molecular formula is C27H23NO4. The van der Waals surface area contributed by atoms with Crippen molar-refractivity contribution in [2.45, 2.75) is 19.3 Å². The zero-order chi connectivity index (χ0) is 22.5. The van der Waals surface area contributed by atoms with E-state index in [1.807, 2.05) is 24.3 Å². The number of amides is 1. The Morgan fingerprint density at radius 2 is 1.62 bits per heavy atom. The standard InChI is InChI=1S/C27H23NO4/c1-18-19(10-8-15-20(18)26(29)30)9-6-7-16-28-27(31)32-17-25-23-13-4-2-11-21(23)22-12-3-5-14-24(22)25/h2-5,8,10-15,25H,7,16-17H2,1H3,(H,28,31)(H,29,30). The first kappa shape index (κ1) is 21.2. The fraction of sp³-hybridized carbons (Fsp3) is 0.185. The molecule has 0 radical (unpaired) electrons. The normalized spacial score (nSPS) is 11.7. The molecule has 5 heteroatoms. The molecule has 1 aliphatic carbocycles. The van der Waals surface area contributed by atoms with Gasteiger partial charge in [-0.25, -0.2) is 9.59 Å². The fourth-order valence-electron chi connectivity index (χ4n) is 4.04. The lowest BCUT2D eigenvalue weighted by atomic mass is 9.98. The summed E-state index contributed by atoms with van der Waals surface area (Å²) in [6.07, 6.45) is -0.0429. The molecule has 0 atom stereocenters. The Labute approximate surface area is 187 Å². The minimum atomic E-state index is -0.969. The molecule has 32 heavy (non-hydrogen) atoms. The topological polar surface area (TPSA) is 75.6 Å². The van der Waals surface area contributed by atoms with Crippen LogP contribution in [0.5, 0.6) is 0 Å². The molecule has 4 rings (SSSR count). The van der Waals surface area contributed by atoms with Crippen molar-refractivity contribution < 1.29 is 19.4 Å². The third kappa shape index (κ3) is 4.35. The molecule has 160 valence electrons. The van der Waals surface area contributed by atoms with Crippen LogP contribution in [0.4, 0.5) is 4.79 Å². The van der Waals surface area contributed by atoms with E-state index in [1.165, 1.54) is 22.3 Å². The number of nitrogens with one attached hydrogen (secondary N) is 1. The maximum Gasteiger partial charge on any atom is 0.407 e. The number of alkyl carbamates (subject to hydrolysis) is 1. The first-order valence-corrected chi connectivity index (χ1v) is 10.5. The molecule has 0 aromatic heterocycles. The van der Waals surface area contributed by atoms with Crippen LogP contribution in [-0.2, 0) is 4.74 Å². The van der Waals surface area contributed by atoms with Crippen molar-refractivity contribution in [2.75, 3.05) is 13.2 Å². The number of ether oxygens (including phenoxy) is 1. The van der Waals surface area contributed by atoms with Crippen LogP contribution >= 0.6 is 0 Å². The first-order chi connectivity index (χ1) is 15.6. The van der Waals surface area contributed by atoms with Crippen LogP contribution in [0.15, 0.2) is 66.7 Å². The highest BCUT2D eigenvalue weighted by Crippen LogP contribution is 2.44. The fourth-order valence-corrected chi connectivity index (χ4v) is 4.04. The van der Waals surface area contributed by atoms with Gasteiger partial charge in [0, 0.05) is 24.4 Å². The Morgan fingerprint density at radius 3 is 2.28 bits per heavy atom. The lowest BCUT2D eigenvalue weighted by Gasteiger charge is -2.14. The summed E-state index contributed by atoms with van der Waals surface area (Å²) in [4.78, 5) is 23.4. The second kappa shape index (κ2) is 9.40. The van der Waals surface area contributed by atoms with Gasteiger partial charge in [0.25, 0.3) is 0 Å². The van der Waals surface area contributed by atoms with E-state index in [1.54, 1.807) is 25.1 Å². The van der Waals surface area contributed by atoms with E-state index < -0.39 is 12.1 Å². The summed E-state index contributed by atoms with van der Waals surface area (Å²) in [5.41, 5.74) is 6.28. The van der Waals surface area contributed by atoms with Crippen molar-refractivity contribution in [1.82, 2.24) is 5.32 Å². The van der Waals surface area contributed by atoms with Gasteiger partial charge < -0.3 is 15.2 Å². The third-order valence-corrected chi connectivity index (χ3v) is 5.65. The van der Waals surface area contributed by atoms with Gasteiger partial charge in [-0.15, -0.1) is 0 Å². The number of benzene rings is 3. The van der Waals surface area contributed by atoms with Crippen LogP contribution in [-0.4, -0.2) is 30.3 Å². The quantitative estimate of drug-likeness (QED) is 0.447. The average Bonchev–Trinajstić information content (AvgIpc) is 3.12. The van der Waals surface area contributed by atoms with E-state index in [4.69, 9.17) is 4.74 Å². The lowest BCUT2D eigenvalue weighted by molar-refractivity contribution is 0.0696. The molecule has 0 saturated carbocycles. The van der Waals surface area contributed by atoms with Crippen LogP contribution in [0, 0.1) is 18.8 Å². The molecule has 0 spiro atoms. The third-order valence-electron chi connectivity index (χ3n) is 5.65. The molecule has 0 unspecified atom stereocenters. The number of carbonyl (C=O) groups excluding carboxylic acids is 1. The molecule has 0 fully saturated rings. The smallest absolute Gasteiger partial charge is 0.407 e. The molecule has 0 bridgehead atoms. The van der Waals surface area contributed by atoms with Gasteiger partial charge in [-0.3, -0.25) is 0 Å². The minimum Gasteiger partial charge on any atom is -0.478 e. The van der Waals surface area contributed by atoms with E-state index >= 15 is 0 Å². The van der Waals surface area contributed by atoms with E-state index in [0.717, 1.165) is 0 Å². The van der Waals surface area contributed by atoms with Gasteiger partial charge in [0.15, 0.2) is 0 Å². The van der Waals surface area contributed by atoms with Crippen molar-refractivity contribution in [1.29, 1.82) is 0 Å². The Morgan fingerprint density at radius 1 is 0.969 bits per heavy atom.